The first kappa shape index (κ1) is 13.5. The van der Waals surface area contributed by atoms with E-state index in [9.17, 15) is 8.78 Å². The Morgan fingerprint density at radius 2 is 1.47 bits per heavy atom. The minimum absolute atomic E-state index is 0.197. The van der Waals surface area contributed by atoms with E-state index in [1.807, 2.05) is 26.0 Å². The third-order valence-electron chi connectivity index (χ3n) is 3.01. The van der Waals surface area contributed by atoms with Gasteiger partial charge in [-0.2, -0.15) is 0 Å². The monoisotopic (exact) mass is 261 g/mol. The Kier molecular flexibility index (Phi) is 3.84. The van der Waals surface area contributed by atoms with Crippen molar-refractivity contribution in [1.29, 1.82) is 0 Å². The van der Waals surface area contributed by atoms with Crippen LogP contribution in [-0.2, 0) is 6.54 Å². The zero-order valence-corrected chi connectivity index (χ0v) is 11.3. The van der Waals surface area contributed by atoms with Gasteiger partial charge in [-0.05, 0) is 38.0 Å². The van der Waals surface area contributed by atoms with Gasteiger partial charge >= 0.3 is 0 Å². The second kappa shape index (κ2) is 5.39. The number of halogens is 2. The molecule has 0 heterocycles. The lowest BCUT2D eigenvalue weighted by Gasteiger charge is -2.10. The number of hydrogen-bond acceptors (Lipinski definition) is 1. The molecular formula is C16H17F2N. The number of aryl methyl sites for hydroxylation is 3. The van der Waals surface area contributed by atoms with Gasteiger partial charge in [0.15, 0.2) is 0 Å². The molecule has 0 spiro atoms. The molecule has 0 bridgehead atoms. The summed E-state index contributed by atoms with van der Waals surface area (Å²) in [6.07, 6.45) is 0. The second-order valence-corrected chi connectivity index (χ2v) is 4.93. The van der Waals surface area contributed by atoms with Crippen molar-refractivity contribution in [3.63, 3.8) is 0 Å². The van der Waals surface area contributed by atoms with Crippen molar-refractivity contribution in [1.82, 2.24) is 0 Å². The van der Waals surface area contributed by atoms with Crippen LogP contribution in [0.1, 0.15) is 22.3 Å². The van der Waals surface area contributed by atoms with Crippen LogP contribution in [0.5, 0.6) is 0 Å². The van der Waals surface area contributed by atoms with Crippen molar-refractivity contribution in [2.24, 2.45) is 0 Å². The zero-order chi connectivity index (χ0) is 14.0. The highest BCUT2D eigenvalue weighted by atomic mass is 19.1. The molecule has 0 aliphatic heterocycles. The molecule has 2 aromatic rings. The summed E-state index contributed by atoms with van der Waals surface area (Å²) in [5.41, 5.74) is 3.88. The smallest absolute Gasteiger partial charge is 0.146 e. The maximum absolute atomic E-state index is 13.7. The predicted molar refractivity (Wildman–Crippen MR) is 74.3 cm³/mol. The molecule has 0 amide bonds. The molecule has 0 aliphatic rings. The largest absolute Gasteiger partial charge is 0.379 e. The van der Waals surface area contributed by atoms with Crippen LogP contribution in [0.15, 0.2) is 30.3 Å². The lowest BCUT2D eigenvalue weighted by molar-refractivity contribution is 0.594. The molecule has 0 unspecified atom stereocenters. The SMILES string of the molecule is Cc1cc(C)cc(CNc2cc(F)c(C)cc2F)c1. The molecule has 1 N–H and O–H groups in total. The van der Waals surface area contributed by atoms with Gasteiger partial charge in [-0.25, -0.2) is 8.78 Å². The maximum atomic E-state index is 13.7. The molecule has 0 fully saturated rings. The number of nitrogens with one attached hydrogen (secondary N) is 1. The van der Waals surface area contributed by atoms with E-state index >= 15 is 0 Å². The van der Waals surface area contributed by atoms with Crippen molar-refractivity contribution in [2.75, 3.05) is 5.32 Å². The summed E-state index contributed by atoms with van der Waals surface area (Å²) in [5.74, 6) is -0.826. The summed E-state index contributed by atoms with van der Waals surface area (Å²) in [4.78, 5) is 0. The molecule has 0 saturated heterocycles. The van der Waals surface area contributed by atoms with Crippen molar-refractivity contribution in [3.05, 3.63) is 64.2 Å². The summed E-state index contributed by atoms with van der Waals surface area (Å²) in [5, 5.41) is 2.94. The molecule has 19 heavy (non-hydrogen) atoms. The van der Waals surface area contributed by atoms with Crippen LogP contribution < -0.4 is 5.32 Å². The summed E-state index contributed by atoms with van der Waals surface area (Å²) in [6, 6.07) is 8.55. The minimum atomic E-state index is -0.428. The van der Waals surface area contributed by atoms with Crippen LogP contribution >= 0.6 is 0 Å². The van der Waals surface area contributed by atoms with Crippen molar-refractivity contribution < 1.29 is 8.78 Å². The van der Waals surface area contributed by atoms with E-state index in [0.717, 1.165) is 16.7 Å². The first-order chi connectivity index (χ1) is 8.95. The summed E-state index contributed by atoms with van der Waals surface area (Å²) in [7, 11) is 0. The highest BCUT2D eigenvalue weighted by molar-refractivity contribution is 5.47. The third-order valence-corrected chi connectivity index (χ3v) is 3.01. The molecule has 0 saturated carbocycles. The van der Waals surface area contributed by atoms with Gasteiger partial charge in [0.1, 0.15) is 11.6 Å². The number of rotatable bonds is 3. The fourth-order valence-electron chi connectivity index (χ4n) is 2.15. The van der Waals surface area contributed by atoms with E-state index in [2.05, 4.69) is 11.4 Å². The lowest BCUT2D eigenvalue weighted by atomic mass is 10.1. The van der Waals surface area contributed by atoms with Gasteiger partial charge < -0.3 is 5.32 Å². The Balaban J connectivity index is 2.16. The topological polar surface area (TPSA) is 12.0 Å². The van der Waals surface area contributed by atoms with Gasteiger partial charge in [-0.1, -0.05) is 29.3 Å². The molecule has 1 nitrogen and oxygen atoms in total. The Bertz CT molecular complexity index is 586. The number of anilines is 1. The predicted octanol–water partition coefficient (Wildman–Crippen LogP) is 4.50. The van der Waals surface area contributed by atoms with Crippen molar-refractivity contribution in [3.8, 4) is 0 Å². The van der Waals surface area contributed by atoms with Crippen LogP contribution in [0.3, 0.4) is 0 Å². The lowest BCUT2D eigenvalue weighted by Crippen LogP contribution is -2.03. The van der Waals surface area contributed by atoms with E-state index in [4.69, 9.17) is 0 Å². The van der Waals surface area contributed by atoms with Gasteiger partial charge in [0, 0.05) is 12.6 Å². The van der Waals surface area contributed by atoms with Crippen LogP contribution in [0.25, 0.3) is 0 Å². The average Bonchev–Trinajstić information content (AvgIpc) is 2.31. The van der Waals surface area contributed by atoms with Gasteiger partial charge in [0.05, 0.1) is 5.69 Å². The molecule has 0 aromatic heterocycles. The molecule has 2 aromatic carbocycles. The zero-order valence-electron chi connectivity index (χ0n) is 11.3. The number of benzene rings is 2. The Labute approximate surface area is 112 Å². The summed E-state index contributed by atoms with van der Waals surface area (Å²) < 4.78 is 27.1. The van der Waals surface area contributed by atoms with E-state index in [1.165, 1.54) is 12.1 Å². The summed E-state index contributed by atoms with van der Waals surface area (Å²) >= 11 is 0. The maximum Gasteiger partial charge on any atom is 0.146 e. The van der Waals surface area contributed by atoms with Crippen LogP contribution in [0.4, 0.5) is 14.5 Å². The van der Waals surface area contributed by atoms with Crippen LogP contribution in [-0.4, -0.2) is 0 Å². The van der Waals surface area contributed by atoms with Crippen LogP contribution in [0.2, 0.25) is 0 Å². The Morgan fingerprint density at radius 1 is 0.842 bits per heavy atom. The fourth-order valence-corrected chi connectivity index (χ4v) is 2.15. The van der Waals surface area contributed by atoms with Gasteiger partial charge in [0.2, 0.25) is 0 Å². The fraction of sp³-hybridized carbons (Fsp3) is 0.250. The molecule has 2 rings (SSSR count). The quantitative estimate of drug-likeness (QED) is 0.857. The summed E-state index contributed by atoms with van der Waals surface area (Å²) in [6.45, 7) is 6.05. The molecule has 0 radical (unpaired) electrons. The third kappa shape index (κ3) is 3.31. The van der Waals surface area contributed by atoms with E-state index < -0.39 is 11.6 Å². The highest BCUT2D eigenvalue weighted by Crippen LogP contribution is 2.20. The van der Waals surface area contributed by atoms with E-state index in [0.29, 0.717) is 12.1 Å². The molecule has 100 valence electrons. The standard InChI is InChI=1S/C16H17F2N/c1-10-4-11(2)6-13(5-10)9-19-16-8-14(17)12(3)7-15(16)18/h4-8,19H,9H2,1-3H3. The van der Waals surface area contributed by atoms with Crippen molar-refractivity contribution >= 4 is 5.69 Å². The van der Waals surface area contributed by atoms with Crippen molar-refractivity contribution in [2.45, 2.75) is 27.3 Å². The van der Waals surface area contributed by atoms with Gasteiger partial charge in [-0.15, -0.1) is 0 Å². The van der Waals surface area contributed by atoms with Gasteiger partial charge in [0.25, 0.3) is 0 Å². The molecule has 3 heteroatoms. The van der Waals surface area contributed by atoms with Crippen LogP contribution in [0, 0.1) is 32.4 Å². The van der Waals surface area contributed by atoms with E-state index in [-0.39, 0.29) is 5.69 Å². The first-order valence-electron chi connectivity index (χ1n) is 6.22. The Morgan fingerprint density at radius 3 is 2.11 bits per heavy atom. The molecule has 0 atom stereocenters. The minimum Gasteiger partial charge on any atom is -0.379 e. The number of hydrogen-bond donors (Lipinski definition) is 1. The van der Waals surface area contributed by atoms with Gasteiger partial charge in [-0.3, -0.25) is 0 Å². The highest BCUT2D eigenvalue weighted by Gasteiger charge is 2.07. The second-order valence-electron chi connectivity index (χ2n) is 4.93. The van der Waals surface area contributed by atoms with E-state index in [1.54, 1.807) is 6.92 Å². The average molecular weight is 261 g/mol. The normalized spacial score (nSPS) is 10.6. The molecule has 0 aliphatic carbocycles. The Hall–Kier alpha value is -1.90. The first-order valence-corrected chi connectivity index (χ1v) is 6.22. The molecular weight excluding hydrogens is 244 g/mol.